The summed E-state index contributed by atoms with van der Waals surface area (Å²) in [4.78, 5) is 0. The van der Waals surface area contributed by atoms with Crippen LogP contribution >= 0.6 is 0 Å². The molecule has 4 nitrogen and oxygen atoms in total. The van der Waals surface area contributed by atoms with Gasteiger partial charge in [-0.25, -0.2) is 0 Å². The van der Waals surface area contributed by atoms with Gasteiger partial charge in [0.05, 0.1) is 14.2 Å². The molecule has 0 aliphatic carbocycles. The first-order chi connectivity index (χ1) is 6.60. The van der Waals surface area contributed by atoms with Gasteiger partial charge >= 0.3 is 0 Å². The maximum Gasteiger partial charge on any atom is 0.203 e. The van der Waals surface area contributed by atoms with E-state index in [9.17, 15) is 5.11 Å². The summed E-state index contributed by atoms with van der Waals surface area (Å²) in [6, 6.07) is 3.18. The lowest BCUT2D eigenvalue weighted by molar-refractivity contribution is 0.332. The van der Waals surface area contributed by atoms with Crippen molar-refractivity contribution in [3.8, 4) is 17.2 Å². The number of benzene rings is 1. The summed E-state index contributed by atoms with van der Waals surface area (Å²) < 4.78 is 10.1. The predicted molar refractivity (Wildman–Crippen MR) is 53.8 cm³/mol. The topological polar surface area (TPSA) is 64.7 Å². The Bertz CT molecular complexity index is 323. The van der Waals surface area contributed by atoms with Crippen LogP contribution in [0.1, 0.15) is 18.5 Å². The summed E-state index contributed by atoms with van der Waals surface area (Å²) in [6.45, 7) is 1.83. The molecule has 0 saturated carbocycles. The van der Waals surface area contributed by atoms with Gasteiger partial charge in [-0.1, -0.05) is 0 Å². The molecule has 1 rings (SSSR count). The molecule has 78 valence electrons. The fourth-order valence-electron chi connectivity index (χ4n) is 1.23. The average molecular weight is 197 g/mol. The highest BCUT2D eigenvalue weighted by molar-refractivity contribution is 5.53. The Morgan fingerprint density at radius 2 is 1.93 bits per heavy atom. The zero-order valence-electron chi connectivity index (χ0n) is 8.57. The summed E-state index contributed by atoms with van der Waals surface area (Å²) >= 11 is 0. The number of rotatable bonds is 3. The molecule has 1 aromatic carbocycles. The Hall–Kier alpha value is -1.42. The van der Waals surface area contributed by atoms with E-state index in [4.69, 9.17) is 15.2 Å². The molecule has 14 heavy (non-hydrogen) atoms. The molecule has 0 fully saturated rings. The molecule has 0 radical (unpaired) electrons. The Morgan fingerprint density at radius 1 is 1.29 bits per heavy atom. The van der Waals surface area contributed by atoms with Crippen molar-refractivity contribution in [1.29, 1.82) is 0 Å². The van der Waals surface area contributed by atoms with Crippen molar-refractivity contribution < 1.29 is 14.6 Å². The monoisotopic (exact) mass is 197 g/mol. The van der Waals surface area contributed by atoms with Crippen molar-refractivity contribution in [1.82, 2.24) is 0 Å². The standard InChI is InChI=1S/C10H15NO3/c1-6(11)7-4-8(12)10(14-3)9(5-7)13-2/h4-6,12H,11H2,1-3H3/t6-/m0/s1. The van der Waals surface area contributed by atoms with Crippen molar-refractivity contribution in [3.63, 3.8) is 0 Å². The van der Waals surface area contributed by atoms with Crippen molar-refractivity contribution in [3.05, 3.63) is 17.7 Å². The van der Waals surface area contributed by atoms with Gasteiger partial charge in [0.25, 0.3) is 0 Å². The first-order valence-electron chi connectivity index (χ1n) is 4.30. The van der Waals surface area contributed by atoms with Crippen LogP contribution in [-0.4, -0.2) is 19.3 Å². The average Bonchev–Trinajstić information content (AvgIpc) is 2.16. The van der Waals surface area contributed by atoms with Gasteiger partial charge in [-0.3, -0.25) is 0 Å². The lowest BCUT2D eigenvalue weighted by atomic mass is 10.1. The maximum absolute atomic E-state index is 9.59. The molecule has 0 bridgehead atoms. The first-order valence-corrected chi connectivity index (χ1v) is 4.30. The summed E-state index contributed by atoms with van der Waals surface area (Å²) in [7, 11) is 2.99. The predicted octanol–water partition coefficient (Wildman–Crippen LogP) is 1.43. The normalized spacial score (nSPS) is 12.3. The van der Waals surface area contributed by atoms with Crippen molar-refractivity contribution in [2.45, 2.75) is 13.0 Å². The molecule has 0 aliphatic heterocycles. The largest absolute Gasteiger partial charge is 0.504 e. The van der Waals surface area contributed by atoms with Crippen molar-refractivity contribution in [2.75, 3.05) is 14.2 Å². The zero-order valence-corrected chi connectivity index (χ0v) is 8.57. The molecule has 0 unspecified atom stereocenters. The van der Waals surface area contributed by atoms with Gasteiger partial charge in [-0.2, -0.15) is 0 Å². The molecular formula is C10H15NO3. The summed E-state index contributed by atoms with van der Waals surface area (Å²) in [6.07, 6.45) is 0. The number of phenols is 1. The number of methoxy groups -OCH3 is 2. The molecule has 0 spiro atoms. The highest BCUT2D eigenvalue weighted by atomic mass is 16.5. The second-order valence-corrected chi connectivity index (χ2v) is 3.06. The number of hydrogen-bond donors (Lipinski definition) is 2. The quantitative estimate of drug-likeness (QED) is 0.769. The van der Waals surface area contributed by atoms with E-state index in [0.29, 0.717) is 11.5 Å². The molecule has 3 N–H and O–H groups in total. The van der Waals surface area contributed by atoms with E-state index >= 15 is 0 Å². The van der Waals surface area contributed by atoms with Gasteiger partial charge < -0.3 is 20.3 Å². The molecule has 0 aliphatic rings. The SMILES string of the molecule is COc1cc([C@H](C)N)cc(O)c1OC. The van der Waals surface area contributed by atoms with Crippen LogP contribution in [0.15, 0.2) is 12.1 Å². The summed E-state index contributed by atoms with van der Waals surface area (Å²) in [5.41, 5.74) is 6.50. The fourth-order valence-corrected chi connectivity index (χ4v) is 1.23. The number of aromatic hydroxyl groups is 1. The Balaban J connectivity index is 3.24. The van der Waals surface area contributed by atoms with Crippen molar-refractivity contribution >= 4 is 0 Å². The number of nitrogens with two attached hydrogens (primary N) is 1. The minimum absolute atomic E-state index is 0.0409. The third-order valence-electron chi connectivity index (χ3n) is 2.01. The molecular weight excluding hydrogens is 182 g/mol. The van der Waals surface area contributed by atoms with Crippen LogP contribution in [0.4, 0.5) is 0 Å². The number of phenolic OH excluding ortho intramolecular Hbond substituents is 1. The van der Waals surface area contributed by atoms with E-state index in [1.807, 2.05) is 6.92 Å². The van der Waals surface area contributed by atoms with Crippen LogP contribution in [-0.2, 0) is 0 Å². The third-order valence-corrected chi connectivity index (χ3v) is 2.01. The van der Waals surface area contributed by atoms with Gasteiger partial charge in [0.1, 0.15) is 0 Å². The Labute approximate surface area is 83.3 Å². The summed E-state index contributed by atoms with van der Waals surface area (Å²) in [5.74, 6) is 0.857. The highest BCUT2D eigenvalue weighted by Gasteiger charge is 2.12. The second-order valence-electron chi connectivity index (χ2n) is 3.06. The van der Waals surface area contributed by atoms with Crippen LogP contribution in [0.5, 0.6) is 17.2 Å². The van der Waals surface area contributed by atoms with Crippen LogP contribution in [0.2, 0.25) is 0 Å². The Morgan fingerprint density at radius 3 is 2.36 bits per heavy atom. The molecule has 4 heteroatoms. The fraction of sp³-hybridized carbons (Fsp3) is 0.400. The molecule has 0 saturated heterocycles. The zero-order chi connectivity index (χ0) is 10.7. The number of ether oxygens (including phenoxy) is 2. The lowest BCUT2D eigenvalue weighted by Gasteiger charge is -2.13. The van der Waals surface area contributed by atoms with E-state index in [0.717, 1.165) is 5.56 Å². The van der Waals surface area contributed by atoms with Crippen LogP contribution < -0.4 is 15.2 Å². The van der Waals surface area contributed by atoms with Crippen LogP contribution in [0, 0.1) is 0 Å². The van der Waals surface area contributed by atoms with Gasteiger partial charge in [0.15, 0.2) is 11.5 Å². The number of hydrogen-bond acceptors (Lipinski definition) is 4. The van der Waals surface area contributed by atoms with Gasteiger partial charge in [0.2, 0.25) is 5.75 Å². The molecule has 0 amide bonds. The van der Waals surface area contributed by atoms with E-state index in [1.165, 1.54) is 14.2 Å². The second kappa shape index (κ2) is 4.19. The van der Waals surface area contributed by atoms with Crippen LogP contribution in [0.25, 0.3) is 0 Å². The maximum atomic E-state index is 9.59. The van der Waals surface area contributed by atoms with Crippen LogP contribution in [0.3, 0.4) is 0 Å². The van der Waals surface area contributed by atoms with E-state index in [-0.39, 0.29) is 11.8 Å². The minimum atomic E-state index is -0.152. The molecule has 0 heterocycles. The van der Waals surface area contributed by atoms with E-state index < -0.39 is 0 Å². The minimum Gasteiger partial charge on any atom is -0.504 e. The smallest absolute Gasteiger partial charge is 0.203 e. The van der Waals surface area contributed by atoms with Gasteiger partial charge in [0, 0.05) is 6.04 Å². The Kier molecular flexibility index (Phi) is 3.19. The lowest BCUT2D eigenvalue weighted by Crippen LogP contribution is -2.05. The highest BCUT2D eigenvalue weighted by Crippen LogP contribution is 2.38. The molecule has 1 atom stereocenters. The van der Waals surface area contributed by atoms with E-state index in [2.05, 4.69) is 0 Å². The van der Waals surface area contributed by atoms with Crippen molar-refractivity contribution in [2.24, 2.45) is 5.73 Å². The third kappa shape index (κ3) is 1.90. The summed E-state index contributed by atoms with van der Waals surface area (Å²) in [5, 5.41) is 9.59. The first kappa shape index (κ1) is 10.7. The molecule has 1 aromatic rings. The molecule has 0 aromatic heterocycles. The van der Waals surface area contributed by atoms with Gasteiger partial charge in [-0.05, 0) is 24.6 Å². The van der Waals surface area contributed by atoms with E-state index in [1.54, 1.807) is 12.1 Å². The van der Waals surface area contributed by atoms with Gasteiger partial charge in [-0.15, -0.1) is 0 Å².